The number of rotatable bonds is 5. The molecule has 20 heavy (non-hydrogen) atoms. The van der Waals surface area contributed by atoms with Crippen LogP contribution in [-0.2, 0) is 10.0 Å². The highest BCUT2D eigenvalue weighted by Gasteiger charge is 2.26. The van der Waals surface area contributed by atoms with Crippen LogP contribution in [0.15, 0.2) is 24.3 Å². The second-order valence-electron chi connectivity index (χ2n) is 4.72. The van der Waals surface area contributed by atoms with Gasteiger partial charge >= 0.3 is 0 Å². The highest BCUT2D eigenvalue weighted by molar-refractivity contribution is 7.89. The normalized spacial score (nSPS) is 17.4. The molecular weight excluding hydrogens is 319 g/mol. The zero-order valence-corrected chi connectivity index (χ0v) is 13.5. The van der Waals surface area contributed by atoms with Gasteiger partial charge in [-0.25, -0.2) is 8.42 Å². The van der Waals surface area contributed by atoms with E-state index in [0.717, 1.165) is 5.69 Å². The van der Waals surface area contributed by atoms with E-state index in [-0.39, 0.29) is 5.75 Å². The maximum Gasteiger partial charge on any atom is 0.214 e. The molecule has 1 aliphatic rings. The Labute approximate surface area is 130 Å². The predicted octanol–water partition coefficient (Wildman–Crippen LogP) is 2.42. The lowest BCUT2D eigenvalue weighted by Crippen LogP contribution is -2.49. The van der Waals surface area contributed by atoms with Crippen molar-refractivity contribution in [1.82, 2.24) is 4.31 Å². The molecule has 7 heteroatoms. The summed E-state index contributed by atoms with van der Waals surface area (Å²) in [4.78, 5) is 2.15. The lowest BCUT2D eigenvalue weighted by atomic mass is 10.2. The van der Waals surface area contributed by atoms with Gasteiger partial charge in [0.05, 0.1) is 5.75 Å². The minimum atomic E-state index is -3.16. The lowest BCUT2D eigenvalue weighted by molar-refractivity contribution is 0.384. The third-order valence-electron chi connectivity index (χ3n) is 3.34. The quantitative estimate of drug-likeness (QED) is 0.775. The van der Waals surface area contributed by atoms with Crippen molar-refractivity contribution < 1.29 is 8.42 Å². The third kappa shape index (κ3) is 4.01. The highest BCUT2D eigenvalue weighted by atomic mass is 35.5. The summed E-state index contributed by atoms with van der Waals surface area (Å²) in [6, 6.07) is 7.63. The molecule has 1 aromatic rings. The molecular formula is C13H18Cl2N2O2S. The van der Waals surface area contributed by atoms with Gasteiger partial charge in [0.2, 0.25) is 10.0 Å². The molecule has 112 valence electrons. The van der Waals surface area contributed by atoms with Gasteiger partial charge in [0.25, 0.3) is 0 Å². The van der Waals surface area contributed by atoms with Crippen LogP contribution in [0.25, 0.3) is 0 Å². The smallest absolute Gasteiger partial charge is 0.214 e. The second kappa shape index (κ2) is 6.98. The Hall–Kier alpha value is -0.490. The summed E-state index contributed by atoms with van der Waals surface area (Å²) < 4.78 is 25.7. The molecule has 4 nitrogen and oxygen atoms in total. The molecule has 0 aromatic heterocycles. The van der Waals surface area contributed by atoms with Gasteiger partial charge in [0.1, 0.15) is 0 Å². The van der Waals surface area contributed by atoms with Gasteiger partial charge in [-0.15, -0.1) is 11.6 Å². The molecule has 0 atom stereocenters. The van der Waals surface area contributed by atoms with Crippen molar-refractivity contribution in [3.05, 3.63) is 29.3 Å². The first kappa shape index (κ1) is 15.9. The number of nitrogens with zero attached hydrogens (tertiary/aromatic N) is 2. The summed E-state index contributed by atoms with van der Waals surface area (Å²) in [5.41, 5.74) is 1.04. The topological polar surface area (TPSA) is 40.6 Å². The Morgan fingerprint density at radius 3 is 2.45 bits per heavy atom. The lowest BCUT2D eigenvalue weighted by Gasteiger charge is -2.35. The Bertz CT molecular complexity index is 543. The fraction of sp³-hybridized carbons (Fsp3) is 0.538. The van der Waals surface area contributed by atoms with Crippen LogP contribution in [0.4, 0.5) is 5.69 Å². The van der Waals surface area contributed by atoms with E-state index < -0.39 is 10.0 Å². The third-order valence-corrected chi connectivity index (χ3v) is 5.80. The van der Waals surface area contributed by atoms with Crippen molar-refractivity contribution in [2.75, 3.05) is 42.7 Å². The van der Waals surface area contributed by atoms with E-state index in [2.05, 4.69) is 4.90 Å². The number of sulfonamides is 1. The van der Waals surface area contributed by atoms with Crippen LogP contribution in [0.1, 0.15) is 6.42 Å². The van der Waals surface area contributed by atoms with E-state index >= 15 is 0 Å². The Morgan fingerprint density at radius 1 is 1.15 bits per heavy atom. The van der Waals surface area contributed by atoms with E-state index in [0.29, 0.717) is 43.5 Å². The summed E-state index contributed by atoms with van der Waals surface area (Å²) in [5.74, 6) is 0.509. The summed E-state index contributed by atoms with van der Waals surface area (Å²) >= 11 is 11.5. The molecule has 2 rings (SSSR count). The minimum Gasteiger partial charge on any atom is -0.369 e. The Kier molecular flexibility index (Phi) is 5.55. The SMILES string of the molecule is O=S(=O)(CCCCl)N1CCN(c2cccc(Cl)c2)CC1. The number of benzene rings is 1. The van der Waals surface area contributed by atoms with Crippen molar-refractivity contribution in [3.8, 4) is 0 Å². The molecule has 1 aromatic carbocycles. The highest BCUT2D eigenvalue weighted by Crippen LogP contribution is 2.21. The number of hydrogen-bond donors (Lipinski definition) is 0. The van der Waals surface area contributed by atoms with Crippen molar-refractivity contribution in [2.24, 2.45) is 0 Å². The van der Waals surface area contributed by atoms with Crippen LogP contribution in [-0.4, -0.2) is 50.5 Å². The van der Waals surface area contributed by atoms with Crippen LogP contribution in [0.3, 0.4) is 0 Å². The number of halogens is 2. The first-order valence-corrected chi connectivity index (χ1v) is 9.09. The van der Waals surface area contributed by atoms with Gasteiger partial charge in [0, 0.05) is 42.8 Å². The average molecular weight is 337 g/mol. The average Bonchev–Trinajstić information content (AvgIpc) is 2.45. The van der Waals surface area contributed by atoms with Gasteiger partial charge in [-0.3, -0.25) is 0 Å². The summed E-state index contributed by atoms with van der Waals surface area (Å²) in [6.45, 7) is 2.38. The largest absolute Gasteiger partial charge is 0.369 e. The van der Waals surface area contributed by atoms with E-state index in [1.54, 1.807) is 4.31 Å². The maximum atomic E-state index is 12.1. The summed E-state index contributed by atoms with van der Waals surface area (Å²) in [5, 5.41) is 0.694. The molecule has 1 aliphatic heterocycles. The predicted molar refractivity (Wildman–Crippen MR) is 84.4 cm³/mol. The van der Waals surface area contributed by atoms with E-state index in [9.17, 15) is 8.42 Å². The molecule has 0 radical (unpaired) electrons. The van der Waals surface area contributed by atoms with E-state index in [4.69, 9.17) is 23.2 Å². The van der Waals surface area contributed by atoms with Crippen LogP contribution < -0.4 is 4.90 Å². The molecule has 0 unspecified atom stereocenters. The van der Waals surface area contributed by atoms with Crippen molar-refractivity contribution >= 4 is 38.9 Å². The van der Waals surface area contributed by atoms with Crippen LogP contribution in [0.2, 0.25) is 5.02 Å². The van der Waals surface area contributed by atoms with Crippen LogP contribution >= 0.6 is 23.2 Å². The molecule has 1 fully saturated rings. The number of piperazine rings is 1. The van der Waals surface area contributed by atoms with Crippen LogP contribution in [0, 0.1) is 0 Å². The maximum absolute atomic E-state index is 12.1. The monoisotopic (exact) mass is 336 g/mol. The van der Waals surface area contributed by atoms with Crippen LogP contribution in [0.5, 0.6) is 0 Å². The van der Waals surface area contributed by atoms with Crippen molar-refractivity contribution in [1.29, 1.82) is 0 Å². The van der Waals surface area contributed by atoms with Crippen molar-refractivity contribution in [2.45, 2.75) is 6.42 Å². The van der Waals surface area contributed by atoms with Gasteiger partial charge in [-0.2, -0.15) is 4.31 Å². The number of hydrogen-bond acceptors (Lipinski definition) is 3. The van der Waals surface area contributed by atoms with Crippen molar-refractivity contribution in [3.63, 3.8) is 0 Å². The van der Waals surface area contributed by atoms with Gasteiger partial charge in [-0.05, 0) is 24.6 Å². The molecule has 0 amide bonds. The number of alkyl halides is 1. The molecule has 1 heterocycles. The minimum absolute atomic E-state index is 0.133. The second-order valence-corrected chi connectivity index (χ2v) is 7.63. The van der Waals surface area contributed by atoms with E-state index in [1.165, 1.54) is 0 Å². The Morgan fingerprint density at radius 2 is 1.85 bits per heavy atom. The Balaban J connectivity index is 1.95. The fourth-order valence-corrected chi connectivity index (χ4v) is 4.23. The van der Waals surface area contributed by atoms with E-state index in [1.807, 2.05) is 24.3 Å². The molecule has 0 bridgehead atoms. The van der Waals surface area contributed by atoms with Gasteiger partial charge in [-0.1, -0.05) is 17.7 Å². The summed E-state index contributed by atoms with van der Waals surface area (Å²) in [7, 11) is -3.16. The fourth-order valence-electron chi connectivity index (χ4n) is 2.26. The van der Waals surface area contributed by atoms with Gasteiger partial charge in [0.15, 0.2) is 0 Å². The molecule has 0 spiro atoms. The zero-order valence-electron chi connectivity index (χ0n) is 11.1. The standard InChI is InChI=1S/C13H18Cl2N2O2S/c14-5-2-10-20(18,19)17-8-6-16(7-9-17)13-4-1-3-12(15)11-13/h1,3-4,11H,2,5-10H2. The molecule has 0 saturated carbocycles. The van der Waals surface area contributed by atoms with Gasteiger partial charge < -0.3 is 4.90 Å². The first-order valence-electron chi connectivity index (χ1n) is 6.57. The first-order chi connectivity index (χ1) is 9.53. The summed E-state index contributed by atoms with van der Waals surface area (Å²) in [6.07, 6.45) is 0.498. The zero-order chi connectivity index (χ0) is 14.6. The molecule has 1 saturated heterocycles. The molecule has 0 N–H and O–H groups in total. The number of anilines is 1. The molecule has 0 aliphatic carbocycles.